The Kier molecular flexibility index (Phi) is 5.70. The van der Waals surface area contributed by atoms with Gasteiger partial charge >= 0.3 is 6.09 Å². The largest absolute Gasteiger partial charge is 0.449 e. The van der Waals surface area contributed by atoms with Crippen LogP contribution in [0.1, 0.15) is 29.2 Å². The molecule has 0 radical (unpaired) electrons. The number of hydrogen-bond donors (Lipinski definition) is 2. The topological polar surface area (TPSA) is 80.3 Å². The van der Waals surface area contributed by atoms with Gasteiger partial charge in [-0.1, -0.05) is 19.9 Å². The van der Waals surface area contributed by atoms with Gasteiger partial charge in [0.25, 0.3) is 5.91 Å². The Bertz CT molecular complexity index is 697. The van der Waals surface area contributed by atoms with Gasteiger partial charge in [-0.2, -0.15) is 0 Å². The molecule has 0 spiro atoms. The fourth-order valence-corrected chi connectivity index (χ4v) is 2.48. The second-order valence-electron chi connectivity index (χ2n) is 5.42. The average Bonchev–Trinajstić information content (AvgIpc) is 2.92. The number of nitrogens with one attached hydrogen (secondary N) is 2. The quantitative estimate of drug-likeness (QED) is 0.869. The highest BCUT2D eigenvalue weighted by Crippen LogP contribution is 2.18. The summed E-state index contributed by atoms with van der Waals surface area (Å²) in [6, 6.07) is 6.89. The Morgan fingerprint density at radius 3 is 2.57 bits per heavy atom. The van der Waals surface area contributed by atoms with Gasteiger partial charge in [0.2, 0.25) is 0 Å². The van der Waals surface area contributed by atoms with Crippen LogP contribution >= 0.6 is 11.3 Å². The number of carbonyl (C=O) groups is 2. The van der Waals surface area contributed by atoms with Crippen molar-refractivity contribution in [3.63, 3.8) is 0 Å². The smallest absolute Gasteiger partial charge is 0.411 e. The summed E-state index contributed by atoms with van der Waals surface area (Å²) in [5, 5.41) is 5.42. The van der Waals surface area contributed by atoms with Crippen molar-refractivity contribution in [1.29, 1.82) is 0 Å². The van der Waals surface area contributed by atoms with Gasteiger partial charge < -0.3 is 10.1 Å². The normalized spacial score (nSPS) is 10.4. The molecule has 6 nitrogen and oxygen atoms in total. The lowest BCUT2D eigenvalue weighted by molar-refractivity contribution is 0.102. The predicted octanol–water partition coefficient (Wildman–Crippen LogP) is 3.91. The molecule has 122 valence electrons. The van der Waals surface area contributed by atoms with Crippen molar-refractivity contribution in [2.24, 2.45) is 5.92 Å². The third-order valence-corrected chi connectivity index (χ3v) is 3.79. The minimum absolute atomic E-state index is 0.218. The van der Waals surface area contributed by atoms with Crippen LogP contribution in [0, 0.1) is 12.8 Å². The molecule has 0 saturated heterocycles. The minimum Gasteiger partial charge on any atom is -0.449 e. The second-order valence-corrected chi connectivity index (χ2v) is 6.27. The number of amides is 2. The Hall–Kier alpha value is -2.41. The first-order valence-electron chi connectivity index (χ1n) is 7.21. The summed E-state index contributed by atoms with van der Waals surface area (Å²) in [5.74, 6) is 0.0542. The fourth-order valence-electron chi connectivity index (χ4n) is 1.78. The van der Waals surface area contributed by atoms with E-state index in [9.17, 15) is 9.59 Å². The highest BCUT2D eigenvalue weighted by atomic mass is 32.1. The lowest BCUT2D eigenvalue weighted by atomic mass is 10.2. The summed E-state index contributed by atoms with van der Waals surface area (Å²) >= 11 is 1.29. The zero-order valence-corrected chi connectivity index (χ0v) is 14.1. The highest BCUT2D eigenvalue weighted by molar-refractivity contribution is 7.12. The second kappa shape index (κ2) is 7.73. The molecule has 0 aliphatic carbocycles. The Morgan fingerprint density at radius 1 is 1.26 bits per heavy atom. The molecule has 2 amide bonds. The first-order chi connectivity index (χ1) is 11.0. The maximum atomic E-state index is 12.2. The van der Waals surface area contributed by atoms with E-state index in [2.05, 4.69) is 15.6 Å². The van der Waals surface area contributed by atoms with Crippen LogP contribution < -0.4 is 10.6 Å². The third kappa shape index (κ3) is 5.07. The van der Waals surface area contributed by atoms with Crippen molar-refractivity contribution in [2.45, 2.75) is 20.8 Å². The van der Waals surface area contributed by atoms with Gasteiger partial charge in [-0.15, -0.1) is 11.3 Å². The van der Waals surface area contributed by atoms with E-state index in [1.807, 2.05) is 13.8 Å². The Morgan fingerprint density at radius 2 is 1.96 bits per heavy atom. The molecule has 0 atom stereocenters. The molecule has 1 aromatic carbocycles. The molecule has 7 heteroatoms. The number of anilines is 2. The Balaban J connectivity index is 1.98. The van der Waals surface area contributed by atoms with Crippen LogP contribution in [0.2, 0.25) is 0 Å². The van der Waals surface area contributed by atoms with E-state index in [-0.39, 0.29) is 11.8 Å². The lowest BCUT2D eigenvalue weighted by Gasteiger charge is -2.10. The SMILES string of the molecule is Cc1ncsc1C(=O)Nc1cccc(NC(=O)OCC(C)C)c1. The fraction of sp³-hybridized carbons (Fsp3) is 0.312. The van der Waals surface area contributed by atoms with Crippen LogP contribution in [0.5, 0.6) is 0 Å². The Labute approximate surface area is 138 Å². The van der Waals surface area contributed by atoms with Crippen LogP contribution in [-0.2, 0) is 4.74 Å². The number of hydrogen-bond acceptors (Lipinski definition) is 5. The minimum atomic E-state index is -0.513. The van der Waals surface area contributed by atoms with E-state index in [1.165, 1.54) is 11.3 Å². The first-order valence-corrected chi connectivity index (χ1v) is 8.09. The van der Waals surface area contributed by atoms with E-state index < -0.39 is 6.09 Å². The predicted molar refractivity (Wildman–Crippen MR) is 91.1 cm³/mol. The van der Waals surface area contributed by atoms with Crippen LogP contribution in [0.4, 0.5) is 16.2 Å². The zero-order chi connectivity index (χ0) is 16.8. The third-order valence-electron chi connectivity index (χ3n) is 2.87. The van der Waals surface area contributed by atoms with Gasteiger partial charge in [-0.3, -0.25) is 10.1 Å². The molecule has 1 heterocycles. The standard InChI is InChI=1S/C16H19N3O3S/c1-10(2)8-22-16(21)19-13-6-4-5-12(7-13)18-15(20)14-11(3)17-9-23-14/h4-7,9-10H,8H2,1-3H3,(H,18,20)(H,19,21). The van der Waals surface area contributed by atoms with Gasteiger partial charge in [-0.25, -0.2) is 9.78 Å². The summed E-state index contributed by atoms with van der Waals surface area (Å²) in [6.07, 6.45) is -0.513. The summed E-state index contributed by atoms with van der Waals surface area (Å²) in [4.78, 5) is 28.4. The molecule has 2 rings (SSSR count). The summed E-state index contributed by atoms with van der Waals surface area (Å²) in [6.45, 7) is 6.07. The number of aryl methyl sites for hydroxylation is 1. The van der Waals surface area contributed by atoms with Crippen molar-refractivity contribution in [2.75, 3.05) is 17.2 Å². The highest BCUT2D eigenvalue weighted by Gasteiger charge is 2.12. The molecular weight excluding hydrogens is 314 g/mol. The number of thiazole rings is 1. The number of aromatic nitrogens is 1. The van der Waals surface area contributed by atoms with Crippen LogP contribution in [0.25, 0.3) is 0 Å². The number of ether oxygens (including phenoxy) is 1. The molecule has 1 aromatic heterocycles. The van der Waals surface area contributed by atoms with Gasteiger partial charge in [0.1, 0.15) is 4.88 Å². The van der Waals surface area contributed by atoms with E-state index in [0.717, 1.165) is 0 Å². The molecule has 0 bridgehead atoms. The number of benzene rings is 1. The van der Waals surface area contributed by atoms with Gasteiger partial charge in [0.15, 0.2) is 0 Å². The summed E-state index contributed by atoms with van der Waals surface area (Å²) in [5.41, 5.74) is 3.47. The van der Waals surface area contributed by atoms with Gasteiger partial charge in [0, 0.05) is 11.4 Å². The van der Waals surface area contributed by atoms with Gasteiger partial charge in [0.05, 0.1) is 17.8 Å². The molecule has 0 aliphatic heterocycles. The average molecular weight is 333 g/mol. The molecule has 0 saturated carbocycles. The molecule has 0 aliphatic rings. The van der Waals surface area contributed by atoms with Crippen molar-refractivity contribution in [1.82, 2.24) is 4.98 Å². The van der Waals surface area contributed by atoms with E-state index in [4.69, 9.17) is 4.74 Å². The number of carbonyl (C=O) groups excluding carboxylic acids is 2. The molecule has 2 aromatic rings. The zero-order valence-electron chi connectivity index (χ0n) is 13.3. The summed E-state index contributed by atoms with van der Waals surface area (Å²) in [7, 11) is 0. The van der Waals surface area contributed by atoms with E-state index >= 15 is 0 Å². The van der Waals surface area contributed by atoms with E-state index in [0.29, 0.717) is 28.6 Å². The number of rotatable bonds is 5. The van der Waals surface area contributed by atoms with Crippen LogP contribution in [0.15, 0.2) is 29.8 Å². The van der Waals surface area contributed by atoms with Crippen molar-refractivity contribution >= 4 is 34.7 Å². The van der Waals surface area contributed by atoms with Crippen LogP contribution in [-0.4, -0.2) is 23.6 Å². The molecule has 23 heavy (non-hydrogen) atoms. The van der Waals surface area contributed by atoms with Gasteiger partial charge in [-0.05, 0) is 31.0 Å². The maximum Gasteiger partial charge on any atom is 0.411 e. The molecule has 0 fully saturated rings. The first kappa shape index (κ1) is 17.0. The molecule has 2 N–H and O–H groups in total. The lowest BCUT2D eigenvalue weighted by Crippen LogP contribution is -2.17. The van der Waals surface area contributed by atoms with E-state index in [1.54, 1.807) is 36.7 Å². The molecular formula is C16H19N3O3S. The maximum absolute atomic E-state index is 12.2. The van der Waals surface area contributed by atoms with Crippen molar-refractivity contribution in [3.8, 4) is 0 Å². The molecule has 0 unspecified atom stereocenters. The summed E-state index contributed by atoms with van der Waals surface area (Å²) < 4.78 is 5.06. The van der Waals surface area contributed by atoms with Crippen LogP contribution in [0.3, 0.4) is 0 Å². The number of nitrogens with zero attached hydrogens (tertiary/aromatic N) is 1. The monoisotopic (exact) mass is 333 g/mol. The van der Waals surface area contributed by atoms with Crippen molar-refractivity contribution in [3.05, 3.63) is 40.3 Å². The van der Waals surface area contributed by atoms with Crippen molar-refractivity contribution < 1.29 is 14.3 Å².